The Morgan fingerprint density at radius 3 is 2.52 bits per heavy atom. The van der Waals surface area contributed by atoms with Gasteiger partial charge in [0, 0.05) is 0 Å². The van der Waals surface area contributed by atoms with Crippen molar-refractivity contribution in [2.75, 3.05) is 7.11 Å². The predicted molar refractivity (Wildman–Crippen MR) is 93.7 cm³/mol. The lowest BCUT2D eigenvalue weighted by atomic mass is 9.87. The molecule has 2 heterocycles. The van der Waals surface area contributed by atoms with Crippen LogP contribution in [0, 0.1) is 0 Å². The van der Waals surface area contributed by atoms with Crippen LogP contribution in [0.15, 0.2) is 11.8 Å². The predicted octanol–water partition coefficient (Wildman–Crippen LogP) is 0.381. The van der Waals surface area contributed by atoms with E-state index >= 15 is 0 Å². The maximum Gasteiger partial charge on any atom is 0.308 e. The van der Waals surface area contributed by atoms with E-state index in [2.05, 4.69) is 24.4 Å². The Bertz CT molecular complexity index is 488. The summed E-state index contributed by atoms with van der Waals surface area (Å²) in [4.78, 5) is 11.4. The number of esters is 1. The Hall–Kier alpha value is -0.773. The van der Waals surface area contributed by atoms with Crippen LogP contribution in [0.1, 0.15) is 19.3 Å². The lowest BCUT2D eigenvalue weighted by Gasteiger charge is -2.47. The smallest absolute Gasteiger partial charge is 0.308 e. The summed E-state index contributed by atoms with van der Waals surface area (Å²) >= 11 is 0. The summed E-state index contributed by atoms with van der Waals surface area (Å²) in [6.45, 7) is 6.40. The first-order chi connectivity index (χ1) is 11.6. The third-order valence-corrected chi connectivity index (χ3v) is 5.79. The molecule has 0 aliphatic carbocycles. The molecular weight excluding hydrogens is 344 g/mol. The molecule has 25 heavy (non-hydrogen) atoms. The maximum atomic E-state index is 11.4. The number of carbonyl (C=O) groups excluding carboxylic acids is 1. The SMILES string of the molecule is COC(=O)C[C@H]1CC[C@@H]2O[C@@H]([C@@H](O)C=C[Si](C)(C)C)C(O)[C@@H](O)[C@H]2O1. The van der Waals surface area contributed by atoms with E-state index in [9.17, 15) is 20.1 Å². The molecule has 0 aromatic heterocycles. The maximum absolute atomic E-state index is 11.4. The van der Waals surface area contributed by atoms with Gasteiger partial charge in [0.15, 0.2) is 0 Å². The number of carbonyl (C=O) groups is 1. The molecular formula is C17H30O7Si. The largest absolute Gasteiger partial charge is 0.469 e. The van der Waals surface area contributed by atoms with Crippen LogP contribution >= 0.6 is 0 Å². The molecule has 2 rings (SSSR count). The van der Waals surface area contributed by atoms with Crippen LogP contribution in [0.2, 0.25) is 19.6 Å². The molecule has 7 atom stereocenters. The van der Waals surface area contributed by atoms with E-state index < -0.39 is 44.7 Å². The highest BCUT2D eigenvalue weighted by Gasteiger charge is 2.49. The van der Waals surface area contributed by atoms with E-state index in [4.69, 9.17) is 9.47 Å². The van der Waals surface area contributed by atoms with Crippen molar-refractivity contribution >= 4 is 14.0 Å². The molecule has 0 aromatic carbocycles. The number of rotatable bonds is 5. The minimum absolute atomic E-state index is 0.105. The molecule has 7 nitrogen and oxygen atoms in total. The molecule has 3 N–H and O–H groups in total. The highest BCUT2D eigenvalue weighted by molar-refractivity contribution is 6.80. The molecule has 2 aliphatic heterocycles. The second kappa shape index (κ2) is 8.28. The Balaban J connectivity index is 2.02. The van der Waals surface area contributed by atoms with Crippen molar-refractivity contribution in [2.45, 2.75) is 81.6 Å². The number of methoxy groups -OCH3 is 1. The lowest BCUT2D eigenvalue weighted by molar-refractivity contribution is -0.274. The summed E-state index contributed by atoms with van der Waals surface area (Å²) in [5, 5.41) is 31.1. The molecule has 0 aromatic rings. The molecule has 8 heteroatoms. The van der Waals surface area contributed by atoms with Crippen LogP contribution < -0.4 is 0 Å². The Kier molecular flexibility index (Phi) is 6.80. The zero-order chi connectivity index (χ0) is 18.8. The number of fused-ring (bicyclic) bond motifs is 1. The van der Waals surface area contributed by atoms with Crippen LogP contribution in [0.4, 0.5) is 0 Å². The molecule has 0 amide bonds. The van der Waals surface area contributed by atoms with Crippen molar-refractivity contribution < 1.29 is 34.3 Å². The Labute approximate surface area is 149 Å². The number of aliphatic hydroxyl groups is 3. The van der Waals surface area contributed by atoms with Gasteiger partial charge in [-0.05, 0) is 12.8 Å². The van der Waals surface area contributed by atoms with Gasteiger partial charge in [0.05, 0.1) is 33.8 Å². The highest BCUT2D eigenvalue weighted by Crippen LogP contribution is 2.34. The van der Waals surface area contributed by atoms with Gasteiger partial charge in [-0.2, -0.15) is 0 Å². The first-order valence-corrected chi connectivity index (χ1v) is 12.3. The number of ether oxygens (including phenoxy) is 3. The van der Waals surface area contributed by atoms with Crippen molar-refractivity contribution in [3.63, 3.8) is 0 Å². The van der Waals surface area contributed by atoms with E-state index in [1.165, 1.54) is 7.11 Å². The van der Waals surface area contributed by atoms with Crippen molar-refractivity contribution in [3.05, 3.63) is 11.8 Å². The highest BCUT2D eigenvalue weighted by atomic mass is 28.3. The summed E-state index contributed by atoms with van der Waals surface area (Å²) < 4.78 is 16.2. The normalized spacial score (nSPS) is 37.6. The molecule has 2 aliphatic rings. The van der Waals surface area contributed by atoms with Gasteiger partial charge in [-0.25, -0.2) is 0 Å². The summed E-state index contributed by atoms with van der Waals surface area (Å²) in [6, 6.07) is 0. The van der Waals surface area contributed by atoms with Gasteiger partial charge in [-0.3, -0.25) is 4.79 Å². The molecule has 0 radical (unpaired) electrons. The minimum Gasteiger partial charge on any atom is -0.469 e. The quantitative estimate of drug-likeness (QED) is 0.472. The number of aliphatic hydroxyl groups excluding tert-OH is 3. The molecule has 0 bridgehead atoms. The topological polar surface area (TPSA) is 105 Å². The molecule has 1 unspecified atom stereocenters. The second-order valence-corrected chi connectivity index (χ2v) is 13.0. The average molecular weight is 375 g/mol. The second-order valence-electron chi connectivity index (χ2n) is 7.92. The van der Waals surface area contributed by atoms with Crippen LogP contribution in [0.5, 0.6) is 0 Å². The zero-order valence-corrected chi connectivity index (χ0v) is 16.3. The summed E-state index contributed by atoms with van der Waals surface area (Å²) in [5.41, 5.74) is 1.98. The standard InChI is InChI=1S/C17H30O7Si/c1-22-13(19)9-10-5-6-12-17(23-10)15(21)14(20)16(24-12)11(18)7-8-25(2,3)4/h7-8,10-12,14-18,20-21H,5-6,9H2,1-4H3/t10-,11+,12+,14?,15-,16+,17+/m1/s1. The first kappa shape index (κ1) is 20.5. The van der Waals surface area contributed by atoms with E-state index in [-0.39, 0.29) is 18.5 Å². The molecule has 144 valence electrons. The van der Waals surface area contributed by atoms with Gasteiger partial charge in [0.2, 0.25) is 0 Å². The van der Waals surface area contributed by atoms with Crippen LogP contribution in [0.3, 0.4) is 0 Å². The van der Waals surface area contributed by atoms with Crippen LogP contribution in [-0.2, 0) is 19.0 Å². The average Bonchev–Trinajstić information content (AvgIpc) is 2.55. The molecule has 2 saturated heterocycles. The van der Waals surface area contributed by atoms with Crippen LogP contribution in [-0.4, -0.2) is 79.2 Å². The number of hydrogen-bond acceptors (Lipinski definition) is 7. The van der Waals surface area contributed by atoms with Gasteiger partial charge in [-0.1, -0.05) is 31.4 Å². The molecule has 0 spiro atoms. The van der Waals surface area contributed by atoms with E-state index in [0.29, 0.717) is 12.8 Å². The third kappa shape index (κ3) is 5.35. The minimum atomic E-state index is -1.49. The van der Waals surface area contributed by atoms with Gasteiger partial charge in [-0.15, -0.1) is 0 Å². The lowest BCUT2D eigenvalue weighted by Crippen LogP contribution is -2.63. The van der Waals surface area contributed by atoms with Crippen molar-refractivity contribution in [1.82, 2.24) is 0 Å². The van der Waals surface area contributed by atoms with Crippen molar-refractivity contribution in [1.29, 1.82) is 0 Å². The summed E-state index contributed by atoms with van der Waals surface area (Å²) in [5.74, 6) is -0.375. The van der Waals surface area contributed by atoms with E-state index in [0.717, 1.165) is 0 Å². The summed E-state index contributed by atoms with van der Waals surface area (Å²) in [7, 11) is -0.179. The molecule has 0 saturated carbocycles. The fourth-order valence-corrected chi connectivity index (χ4v) is 3.98. The van der Waals surface area contributed by atoms with E-state index in [1.54, 1.807) is 6.08 Å². The Morgan fingerprint density at radius 2 is 1.92 bits per heavy atom. The Morgan fingerprint density at radius 1 is 1.24 bits per heavy atom. The van der Waals surface area contributed by atoms with Gasteiger partial charge in [0.1, 0.15) is 30.5 Å². The fourth-order valence-electron chi connectivity index (χ4n) is 3.21. The van der Waals surface area contributed by atoms with Gasteiger partial charge < -0.3 is 29.5 Å². The zero-order valence-electron chi connectivity index (χ0n) is 15.3. The number of hydrogen-bond donors (Lipinski definition) is 3. The van der Waals surface area contributed by atoms with Gasteiger partial charge >= 0.3 is 5.97 Å². The van der Waals surface area contributed by atoms with Crippen molar-refractivity contribution in [3.8, 4) is 0 Å². The summed E-state index contributed by atoms with van der Waals surface area (Å²) in [6.07, 6.45) is -2.93. The van der Waals surface area contributed by atoms with E-state index in [1.807, 2.05) is 5.70 Å². The molecule has 2 fully saturated rings. The van der Waals surface area contributed by atoms with Gasteiger partial charge in [0.25, 0.3) is 0 Å². The monoisotopic (exact) mass is 374 g/mol. The fraction of sp³-hybridized carbons (Fsp3) is 0.824. The third-order valence-electron chi connectivity index (χ3n) is 4.60. The van der Waals surface area contributed by atoms with Crippen molar-refractivity contribution in [2.24, 2.45) is 0 Å². The first-order valence-electron chi connectivity index (χ1n) is 8.73. The van der Waals surface area contributed by atoms with Crippen LogP contribution in [0.25, 0.3) is 0 Å².